The molecule has 0 aromatic rings. The van der Waals surface area contributed by atoms with Gasteiger partial charge in [-0.1, -0.05) is 0 Å². The van der Waals surface area contributed by atoms with Gasteiger partial charge in [-0.2, -0.15) is 0 Å². The monoisotopic (exact) mass is 388 g/mol. The van der Waals surface area contributed by atoms with Crippen molar-refractivity contribution in [3.8, 4) is 0 Å². The Labute approximate surface area is 156 Å². The normalized spacial score (nSPS) is 38.5. The van der Waals surface area contributed by atoms with E-state index in [-0.39, 0.29) is 24.0 Å². The third-order valence-electron chi connectivity index (χ3n) is 5.17. The Morgan fingerprint density at radius 2 is 1.14 bits per heavy atom. The predicted molar refractivity (Wildman–Crippen MR) is 83.4 cm³/mol. The number of allylic oxidation sites excluding steroid dienone is 2. The number of aliphatic hydroxyl groups is 2. The van der Waals surface area contributed by atoms with Gasteiger partial charge < -0.3 is 29.2 Å². The van der Waals surface area contributed by atoms with Gasteiger partial charge in [0.05, 0.1) is 24.0 Å². The molecular weight excluding hydrogens is 376 g/mol. The molecule has 144 valence electrons. The van der Waals surface area contributed by atoms with E-state index in [4.69, 9.17) is 18.9 Å². The highest BCUT2D eigenvalue weighted by atomic mass is 16.6. The highest BCUT2D eigenvalue weighted by Crippen LogP contribution is 2.49. The first-order valence-corrected chi connectivity index (χ1v) is 8.37. The van der Waals surface area contributed by atoms with Crippen LogP contribution >= 0.6 is 0 Å². The van der Waals surface area contributed by atoms with Crippen molar-refractivity contribution >= 4 is 23.5 Å². The first-order chi connectivity index (χ1) is 13.2. The number of fused-ring (bicyclic) bond motifs is 2. The van der Waals surface area contributed by atoms with Crippen LogP contribution in [0.4, 0.5) is 0 Å². The minimum absolute atomic E-state index is 0.307. The maximum absolute atomic E-state index is 13.2. The molecule has 0 radical (unpaired) electrons. The summed E-state index contributed by atoms with van der Waals surface area (Å²) in [7, 11) is 0. The fourth-order valence-corrected chi connectivity index (χ4v) is 4.12. The van der Waals surface area contributed by atoms with Crippen molar-refractivity contribution in [3.63, 3.8) is 0 Å². The summed E-state index contributed by atoms with van der Waals surface area (Å²) in [5.74, 6) is -4.28. The maximum Gasteiger partial charge on any atom is 0.331 e. The smallest absolute Gasteiger partial charge is 0.331 e. The third-order valence-corrected chi connectivity index (χ3v) is 5.17. The van der Waals surface area contributed by atoms with Crippen LogP contribution in [0.3, 0.4) is 0 Å². The summed E-state index contributed by atoms with van der Waals surface area (Å²) in [5, 5.41) is 20.1. The zero-order chi connectivity index (χ0) is 19.8. The van der Waals surface area contributed by atoms with E-state index in [1.165, 1.54) is 12.2 Å². The molecule has 0 saturated carbocycles. The molecule has 5 aliphatic rings. The zero-order valence-electron chi connectivity index (χ0n) is 14.0. The van der Waals surface area contributed by atoms with E-state index in [2.05, 4.69) is 0 Å². The number of esters is 2. The predicted octanol–water partition coefficient (Wildman–Crippen LogP) is -1.17. The molecule has 1 aliphatic carbocycles. The van der Waals surface area contributed by atoms with Crippen LogP contribution in [-0.4, -0.2) is 57.5 Å². The first-order valence-electron chi connectivity index (χ1n) is 8.37. The van der Waals surface area contributed by atoms with Crippen molar-refractivity contribution in [2.24, 2.45) is 0 Å². The minimum atomic E-state index is -1.70. The Bertz CT molecular complexity index is 918. The van der Waals surface area contributed by atoms with Crippen LogP contribution in [0, 0.1) is 0 Å². The summed E-state index contributed by atoms with van der Waals surface area (Å²) in [6, 6.07) is 0. The Morgan fingerprint density at radius 1 is 0.750 bits per heavy atom. The van der Waals surface area contributed by atoms with Crippen molar-refractivity contribution in [1.29, 1.82) is 0 Å². The molecule has 2 N–H and O–H groups in total. The summed E-state index contributed by atoms with van der Waals surface area (Å²) in [6.07, 6.45) is 1.00. The molecule has 0 aromatic carbocycles. The van der Waals surface area contributed by atoms with Gasteiger partial charge in [-0.05, 0) is 12.2 Å². The van der Waals surface area contributed by atoms with Crippen LogP contribution in [0.1, 0.15) is 12.8 Å². The molecule has 0 bridgehead atoms. The average molecular weight is 388 g/mol. The van der Waals surface area contributed by atoms with E-state index >= 15 is 0 Å². The molecule has 4 aliphatic heterocycles. The molecule has 4 atom stereocenters. The number of hydrogen-bond donors (Lipinski definition) is 2. The molecule has 2 spiro atoms. The minimum Gasteiger partial charge on any atom is -0.460 e. The van der Waals surface area contributed by atoms with Gasteiger partial charge in [0.25, 0.3) is 0 Å². The zero-order valence-corrected chi connectivity index (χ0v) is 14.0. The molecule has 0 aromatic heterocycles. The molecule has 10 nitrogen and oxygen atoms in total. The van der Waals surface area contributed by atoms with Crippen molar-refractivity contribution < 1.29 is 48.3 Å². The highest BCUT2D eigenvalue weighted by molar-refractivity contribution is 6.26. The largest absolute Gasteiger partial charge is 0.460 e. The van der Waals surface area contributed by atoms with Crippen LogP contribution in [0.15, 0.2) is 47.0 Å². The van der Waals surface area contributed by atoms with Gasteiger partial charge in [0.2, 0.25) is 24.1 Å². The number of Topliss-reactive ketones (excluding diaryl/α,β-unsaturated/α-hetero) is 2. The number of ether oxygens (including phenoxy) is 4. The van der Waals surface area contributed by atoms with E-state index in [1.54, 1.807) is 0 Å². The fraction of sp³-hybridized carbons (Fsp3) is 0.333. The second kappa shape index (κ2) is 5.18. The Balaban J connectivity index is 1.70. The molecule has 0 amide bonds. The van der Waals surface area contributed by atoms with Gasteiger partial charge in [0.1, 0.15) is 0 Å². The van der Waals surface area contributed by atoms with Crippen LogP contribution in [-0.2, 0) is 38.1 Å². The van der Waals surface area contributed by atoms with E-state index < -0.39 is 58.8 Å². The van der Waals surface area contributed by atoms with E-state index in [0.29, 0.717) is 0 Å². The van der Waals surface area contributed by atoms with Gasteiger partial charge in [0.15, 0.2) is 22.7 Å². The maximum atomic E-state index is 13.2. The van der Waals surface area contributed by atoms with E-state index in [9.17, 15) is 29.4 Å². The van der Waals surface area contributed by atoms with E-state index in [1.807, 2.05) is 0 Å². The molecule has 0 fully saturated rings. The van der Waals surface area contributed by atoms with Crippen molar-refractivity contribution in [3.05, 3.63) is 47.0 Å². The summed E-state index contributed by atoms with van der Waals surface area (Å²) in [4.78, 5) is 49.8. The van der Waals surface area contributed by atoms with Gasteiger partial charge >= 0.3 is 11.9 Å². The second-order valence-electron chi connectivity index (χ2n) is 6.91. The molecule has 0 saturated heterocycles. The number of hydrogen-bond acceptors (Lipinski definition) is 10. The van der Waals surface area contributed by atoms with Gasteiger partial charge in [-0.25, -0.2) is 9.59 Å². The number of aliphatic hydroxyl groups excluding tert-OH is 2. The quantitative estimate of drug-likeness (QED) is 0.384. The second-order valence-corrected chi connectivity index (χ2v) is 6.91. The molecule has 4 heterocycles. The van der Waals surface area contributed by atoms with Gasteiger partial charge in [-0.3, -0.25) is 9.59 Å². The Hall–Kier alpha value is -3.24. The lowest BCUT2D eigenvalue weighted by Crippen LogP contribution is -2.53. The molecule has 10 heteroatoms. The van der Waals surface area contributed by atoms with Crippen molar-refractivity contribution in [1.82, 2.24) is 0 Å². The summed E-state index contributed by atoms with van der Waals surface area (Å²) in [6.45, 7) is 0. The summed E-state index contributed by atoms with van der Waals surface area (Å²) >= 11 is 0. The SMILES string of the molecule is O=C1C=C[C@]2(C[C@@H](O)OC3=C2C(=O)C2=C(C3=O)[C@]3(C=CC(=O)O3)C[C@H](O)O2)O1. The number of rotatable bonds is 0. The van der Waals surface area contributed by atoms with Gasteiger partial charge in [0, 0.05) is 12.2 Å². The van der Waals surface area contributed by atoms with Crippen molar-refractivity contribution in [2.75, 3.05) is 0 Å². The summed E-state index contributed by atoms with van der Waals surface area (Å²) < 4.78 is 20.9. The van der Waals surface area contributed by atoms with E-state index in [0.717, 1.165) is 12.2 Å². The number of ketones is 2. The number of carbonyl (C=O) groups is 4. The third kappa shape index (κ3) is 2.04. The lowest BCUT2D eigenvalue weighted by atomic mass is 9.74. The average Bonchev–Trinajstić information content (AvgIpc) is 3.15. The highest BCUT2D eigenvalue weighted by Gasteiger charge is 2.60. The van der Waals surface area contributed by atoms with Crippen LogP contribution < -0.4 is 0 Å². The topological polar surface area (TPSA) is 146 Å². The molecule has 5 rings (SSSR count). The van der Waals surface area contributed by atoms with Crippen LogP contribution in [0.2, 0.25) is 0 Å². The Morgan fingerprint density at radius 3 is 1.46 bits per heavy atom. The molecule has 28 heavy (non-hydrogen) atoms. The van der Waals surface area contributed by atoms with Crippen molar-refractivity contribution in [2.45, 2.75) is 36.6 Å². The first kappa shape index (κ1) is 16.9. The fourth-order valence-electron chi connectivity index (χ4n) is 4.12. The van der Waals surface area contributed by atoms with Crippen LogP contribution in [0.25, 0.3) is 0 Å². The van der Waals surface area contributed by atoms with Gasteiger partial charge in [-0.15, -0.1) is 0 Å². The number of carbonyl (C=O) groups excluding carboxylic acids is 4. The Kier molecular flexibility index (Phi) is 3.12. The summed E-state index contributed by atoms with van der Waals surface area (Å²) in [5.41, 5.74) is -4.03. The molecular formula is C18H12O10. The lowest BCUT2D eigenvalue weighted by molar-refractivity contribution is -0.172. The van der Waals surface area contributed by atoms with Crippen LogP contribution in [0.5, 0.6) is 0 Å². The lowest BCUT2D eigenvalue weighted by Gasteiger charge is -2.43. The standard InChI is InChI=1S/C18H12O10/c19-7-1-3-17(27-7)5-9(21)25-15-11(17)13(23)16-12(14(15)24)18(6-10(22)26-16)4-2-8(20)28-18/h1-4,9-10,21-22H,5-6H2/t9-,10+,17+,18-. The molecule has 0 unspecified atom stereocenters.